The van der Waals surface area contributed by atoms with Crippen molar-refractivity contribution in [2.24, 2.45) is 11.8 Å². The minimum atomic E-state index is -0.485. The number of amides is 3. The van der Waals surface area contributed by atoms with E-state index in [9.17, 15) is 14.7 Å². The summed E-state index contributed by atoms with van der Waals surface area (Å²) in [7, 11) is 2.14. The number of anilines is 2. The van der Waals surface area contributed by atoms with E-state index in [0.717, 1.165) is 38.3 Å². The molecule has 238 valence electrons. The molecule has 11 heteroatoms. The number of fused-ring (bicyclic) bond motifs is 1. The molecule has 0 unspecified atom stereocenters. The average molecular weight is 600 g/mol. The highest BCUT2D eigenvalue weighted by atomic mass is 16.5. The lowest BCUT2D eigenvalue weighted by Gasteiger charge is -2.36. The zero-order valence-electron chi connectivity index (χ0n) is 26.5. The zero-order valence-corrected chi connectivity index (χ0v) is 26.5. The molecule has 4 rings (SSSR count). The molecular formula is C32H49N5O6. The summed E-state index contributed by atoms with van der Waals surface area (Å²) in [5, 5.41) is 19.6. The monoisotopic (exact) mass is 599 g/mol. The largest absolute Gasteiger partial charge is 0.490 e. The van der Waals surface area contributed by atoms with Gasteiger partial charge in [0.1, 0.15) is 17.1 Å². The molecule has 43 heavy (non-hydrogen) atoms. The first kappa shape index (κ1) is 32.8. The molecule has 0 saturated heterocycles. The Hall–Kier alpha value is -3.15. The minimum Gasteiger partial charge on any atom is -0.490 e. The number of likely N-dealkylation sites (N-methyl/N-ethyl adjacent to an activating group) is 1. The van der Waals surface area contributed by atoms with Gasteiger partial charge in [-0.1, -0.05) is 12.1 Å². The minimum absolute atomic E-state index is 0.0213. The predicted octanol–water partition coefficient (Wildman–Crippen LogP) is 5.07. The second kappa shape index (κ2) is 15.0. The van der Waals surface area contributed by atoms with Crippen LogP contribution in [-0.4, -0.2) is 90.1 Å². The summed E-state index contributed by atoms with van der Waals surface area (Å²) in [6, 6.07) is 4.17. The molecule has 11 nitrogen and oxygen atoms in total. The fraction of sp³-hybridized carbons (Fsp3) is 0.656. The first-order valence-corrected chi connectivity index (χ1v) is 15.6. The standard InChI is InChI=1S/C32H49N5O6/c1-20-16-37(21(2)19-38)31(39)27-15-26(33-32(40)34-30-23(4)35-43-24(30)5)12-13-28(27)42-22(3)9-7-8-14-41-29(20)18-36(6)17-25-10-11-25/h12-13,15,20-22,25,29,38H,7-11,14,16-19H2,1-6H3,(H2,33,34,40)/t20-,21+,22+,29+/m1/s1. The Labute approximate surface area is 255 Å². The second-order valence-corrected chi connectivity index (χ2v) is 12.5. The summed E-state index contributed by atoms with van der Waals surface area (Å²) in [5.74, 6) is 1.48. The van der Waals surface area contributed by atoms with Crippen molar-refractivity contribution in [1.82, 2.24) is 15.0 Å². The van der Waals surface area contributed by atoms with E-state index >= 15 is 0 Å². The highest BCUT2D eigenvalue weighted by Crippen LogP contribution is 2.31. The summed E-state index contributed by atoms with van der Waals surface area (Å²) >= 11 is 0. The number of aliphatic hydroxyl groups excluding tert-OH is 1. The zero-order chi connectivity index (χ0) is 31.1. The SMILES string of the molecule is Cc1noc(C)c1NC(=O)Nc1ccc2c(c1)C(=O)N([C@@H](C)CO)C[C@@H](C)[C@H](CN(C)CC1CC1)OCCCC[C@H](C)O2. The number of carbonyl (C=O) groups is 2. The molecule has 2 heterocycles. The van der Waals surface area contributed by atoms with Crippen molar-refractivity contribution in [3.05, 3.63) is 35.2 Å². The Morgan fingerprint density at radius 3 is 2.60 bits per heavy atom. The van der Waals surface area contributed by atoms with Crippen molar-refractivity contribution in [3.8, 4) is 5.75 Å². The van der Waals surface area contributed by atoms with E-state index in [-0.39, 0.29) is 30.6 Å². The Bertz CT molecular complexity index is 1210. The Morgan fingerprint density at radius 2 is 1.93 bits per heavy atom. The first-order chi connectivity index (χ1) is 20.5. The van der Waals surface area contributed by atoms with Crippen molar-refractivity contribution in [1.29, 1.82) is 0 Å². The second-order valence-electron chi connectivity index (χ2n) is 12.5. The number of rotatable bonds is 8. The van der Waals surface area contributed by atoms with Crippen LogP contribution < -0.4 is 15.4 Å². The van der Waals surface area contributed by atoms with Crippen molar-refractivity contribution < 1.29 is 28.7 Å². The first-order valence-electron chi connectivity index (χ1n) is 15.6. The van der Waals surface area contributed by atoms with Gasteiger partial charge in [0.15, 0.2) is 5.76 Å². The Balaban J connectivity index is 1.60. The van der Waals surface area contributed by atoms with Crippen LogP contribution in [0.1, 0.15) is 74.7 Å². The fourth-order valence-corrected chi connectivity index (χ4v) is 5.52. The number of carbonyl (C=O) groups excluding carboxylic acids is 2. The van der Waals surface area contributed by atoms with Gasteiger partial charge in [0.25, 0.3) is 5.91 Å². The van der Waals surface area contributed by atoms with E-state index < -0.39 is 12.1 Å². The molecule has 0 radical (unpaired) electrons. The van der Waals surface area contributed by atoms with E-state index in [4.69, 9.17) is 14.0 Å². The number of aromatic nitrogens is 1. The maximum absolute atomic E-state index is 14.3. The summed E-state index contributed by atoms with van der Waals surface area (Å²) in [6.45, 7) is 12.1. The lowest BCUT2D eigenvalue weighted by Crippen LogP contribution is -2.47. The number of urea groups is 1. The highest BCUT2D eigenvalue weighted by molar-refractivity contribution is 6.03. The van der Waals surface area contributed by atoms with Crippen LogP contribution in [-0.2, 0) is 4.74 Å². The molecule has 1 fully saturated rings. The van der Waals surface area contributed by atoms with Gasteiger partial charge in [-0.15, -0.1) is 0 Å². The van der Waals surface area contributed by atoms with Gasteiger partial charge >= 0.3 is 6.03 Å². The maximum Gasteiger partial charge on any atom is 0.323 e. The third kappa shape index (κ3) is 9.17. The van der Waals surface area contributed by atoms with Gasteiger partial charge in [0.05, 0.1) is 30.4 Å². The number of nitrogens with one attached hydrogen (secondary N) is 2. The summed E-state index contributed by atoms with van der Waals surface area (Å²) in [5.41, 5.74) is 1.83. The van der Waals surface area contributed by atoms with Gasteiger partial charge < -0.3 is 39.5 Å². The third-order valence-electron chi connectivity index (χ3n) is 8.34. The molecule has 1 aliphatic carbocycles. The van der Waals surface area contributed by atoms with E-state index in [1.54, 1.807) is 36.9 Å². The smallest absolute Gasteiger partial charge is 0.323 e. The van der Waals surface area contributed by atoms with Gasteiger partial charge in [-0.2, -0.15) is 0 Å². The Kier molecular flexibility index (Phi) is 11.5. The number of nitrogens with zero attached hydrogens (tertiary/aromatic N) is 3. The number of benzene rings is 1. The van der Waals surface area contributed by atoms with E-state index in [0.29, 0.717) is 47.3 Å². The molecule has 3 N–H and O–H groups in total. The third-order valence-corrected chi connectivity index (χ3v) is 8.34. The van der Waals surface area contributed by atoms with Crippen molar-refractivity contribution in [3.63, 3.8) is 0 Å². The van der Waals surface area contributed by atoms with Crippen LogP contribution in [0, 0.1) is 25.7 Å². The lowest BCUT2D eigenvalue weighted by atomic mass is 10.0. The lowest BCUT2D eigenvalue weighted by molar-refractivity contribution is -0.0172. The molecule has 1 aromatic heterocycles. The van der Waals surface area contributed by atoms with Crippen LogP contribution in [0.4, 0.5) is 16.2 Å². The average Bonchev–Trinajstić information content (AvgIpc) is 3.73. The number of hydrogen-bond donors (Lipinski definition) is 3. The molecule has 0 spiro atoms. The van der Waals surface area contributed by atoms with Crippen LogP contribution in [0.5, 0.6) is 5.75 Å². The molecule has 4 atom stereocenters. The van der Waals surface area contributed by atoms with Crippen LogP contribution in [0.15, 0.2) is 22.7 Å². The van der Waals surface area contributed by atoms with Crippen LogP contribution in [0.25, 0.3) is 0 Å². The van der Waals surface area contributed by atoms with E-state index in [2.05, 4.69) is 34.7 Å². The quantitative estimate of drug-likeness (QED) is 0.384. The van der Waals surface area contributed by atoms with Crippen LogP contribution >= 0.6 is 0 Å². The van der Waals surface area contributed by atoms with Crippen LogP contribution in [0.2, 0.25) is 0 Å². The Morgan fingerprint density at radius 1 is 1.16 bits per heavy atom. The van der Waals surface area contributed by atoms with E-state index in [1.165, 1.54) is 12.8 Å². The van der Waals surface area contributed by atoms with Crippen LogP contribution in [0.3, 0.4) is 0 Å². The van der Waals surface area contributed by atoms with E-state index in [1.807, 2.05) is 13.8 Å². The topological polar surface area (TPSA) is 129 Å². The van der Waals surface area contributed by atoms with Gasteiger partial charge in [-0.05, 0) is 91.0 Å². The molecule has 2 aliphatic rings. The highest BCUT2D eigenvalue weighted by Gasteiger charge is 2.31. The fourth-order valence-electron chi connectivity index (χ4n) is 5.52. The number of aryl methyl sites for hydroxylation is 2. The predicted molar refractivity (Wildman–Crippen MR) is 166 cm³/mol. The van der Waals surface area contributed by atoms with Crippen molar-refractivity contribution in [2.75, 3.05) is 50.5 Å². The molecule has 0 bridgehead atoms. The number of hydrogen-bond acceptors (Lipinski definition) is 8. The molecule has 1 aromatic carbocycles. The van der Waals surface area contributed by atoms with Gasteiger partial charge in [-0.25, -0.2) is 4.79 Å². The molecule has 2 aromatic rings. The molecule has 1 aliphatic heterocycles. The summed E-state index contributed by atoms with van der Waals surface area (Å²) in [4.78, 5) is 31.2. The maximum atomic E-state index is 14.3. The molecular weight excluding hydrogens is 550 g/mol. The normalized spacial score (nSPS) is 22.8. The molecule has 3 amide bonds. The molecule has 1 saturated carbocycles. The van der Waals surface area contributed by atoms with Gasteiger partial charge in [-0.3, -0.25) is 4.79 Å². The number of ether oxygens (including phenoxy) is 2. The summed E-state index contributed by atoms with van der Waals surface area (Å²) < 4.78 is 17.9. The summed E-state index contributed by atoms with van der Waals surface area (Å²) in [6.07, 6.45) is 5.09. The van der Waals surface area contributed by atoms with Crippen molar-refractivity contribution in [2.45, 2.75) is 85.0 Å². The van der Waals surface area contributed by atoms with Gasteiger partial charge in [0.2, 0.25) is 0 Å². The van der Waals surface area contributed by atoms with Crippen molar-refractivity contribution >= 4 is 23.3 Å². The number of aliphatic hydroxyl groups is 1. The van der Waals surface area contributed by atoms with Gasteiger partial charge in [0, 0.05) is 37.8 Å².